The first-order chi connectivity index (χ1) is 11.2. The molecule has 5 heteroatoms. The van der Waals surface area contributed by atoms with Gasteiger partial charge >= 0.3 is 0 Å². The van der Waals surface area contributed by atoms with Gasteiger partial charge in [-0.05, 0) is 38.6 Å². The van der Waals surface area contributed by atoms with Crippen molar-refractivity contribution < 1.29 is 9.53 Å². The molecule has 0 saturated carbocycles. The highest BCUT2D eigenvalue weighted by Gasteiger charge is 2.21. The number of carbonyl (C=O) groups excluding carboxylic acids is 1. The van der Waals surface area contributed by atoms with E-state index in [1.165, 1.54) is 0 Å². The fourth-order valence-corrected chi connectivity index (χ4v) is 3.19. The van der Waals surface area contributed by atoms with Gasteiger partial charge in [-0.3, -0.25) is 9.69 Å². The Morgan fingerprint density at radius 3 is 2.78 bits per heavy atom. The number of para-hydroxylation sites is 1. The van der Waals surface area contributed by atoms with Crippen molar-refractivity contribution in [2.45, 2.75) is 18.9 Å². The summed E-state index contributed by atoms with van der Waals surface area (Å²) in [7, 11) is 2.13. The molecule has 5 nitrogen and oxygen atoms in total. The van der Waals surface area contributed by atoms with Crippen LogP contribution in [0.25, 0.3) is 0 Å². The zero-order valence-electron chi connectivity index (χ0n) is 14.0. The number of rotatable bonds is 5. The van der Waals surface area contributed by atoms with Crippen molar-refractivity contribution in [3.8, 4) is 5.75 Å². The van der Waals surface area contributed by atoms with Crippen molar-refractivity contribution in [3.63, 3.8) is 0 Å². The maximum Gasteiger partial charge on any atom is 0.180 e. The number of nitrogens with one attached hydrogen (secondary N) is 1. The van der Waals surface area contributed by atoms with E-state index in [1.54, 1.807) is 0 Å². The Balaban J connectivity index is 1.63. The van der Waals surface area contributed by atoms with Gasteiger partial charge in [0, 0.05) is 32.7 Å². The Morgan fingerprint density at radius 1 is 1.26 bits per heavy atom. The van der Waals surface area contributed by atoms with E-state index in [4.69, 9.17) is 4.74 Å². The summed E-state index contributed by atoms with van der Waals surface area (Å²) < 4.78 is 6.10. The smallest absolute Gasteiger partial charge is 0.180 e. The van der Waals surface area contributed by atoms with Crippen LogP contribution in [0.2, 0.25) is 0 Å². The van der Waals surface area contributed by atoms with Crippen LogP contribution in [-0.4, -0.2) is 74.5 Å². The van der Waals surface area contributed by atoms with Crippen LogP contribution in [0.15, 0.2) is 24.3 Å². The molecule has 126 valence electrons. The standard InChI is InChI=1S/C18H27N3O2/c1-20-9-11-21(12-10-20)14-17(22)16-6-2-3-7-18(16)23-15-5-4-8-19-13-15/h2-3,6-7,15,19H,4-5,8-14H2,1H3. The van der Waals surface area contributed by atoms with Crippen molar-refractivity contribution in [3.05, 3.63) is 29.8 Å². The molecule has 1 aromatic rings. The lowest BCUT2D eigenvalue weighted by Crippen LogP contribution is -2.46. The van der Waals surface area contributed by atoms with E-state index in [1.807, 2.05) is 24.3 Å². The Hall–Kier alpha value is -1.43. The molecule has 1 aromatic carbocycles. The molecule has 0 spiro atoms. The second kappa shape index (κ2) is 7.90. The second-order valence-corrected chi connectivity index (χ2v) is 6.58. The Kier molecular flexibility index (Phi) is 5.65. The minimum Gasteiger partial charge on any atom is -0.488 e. The van der Waals surface area contributed by atoms with E-state index in [0.717, 1.165) is 63.4 Å². The summed E-state index contributed by atoms with van der Waals surface area (Å²) in [5.74, 6) is 0.897. The van der Waals surface area contributed by atoms with E-state index in [-0.39, 0.29) is 11.9 Å². The number of Topliss-reactive ketones (excluding diaryl/α,β-unsaturated/α-hetero) is 1. The molecule has 2 aliphatic heterocycles. The monoisotopic (exact) mass is 317 g/mol. The van der Waals surface area contributed by atoms with Gasteiger partial charge in [-0.2, -0.15) is 0 Å². The molecule has 23 heavy (non-hydrogen) atoms. The van der Waals surface area contributed by atoms with E-state index >= 15 is 0 Å². The van der Waals surface area contributed by atoms with Gasteiger partial charge in [0.2, 0.25) is 0 Å². The molecule has 0 bridgehead atoms. The first-order valence-corrected chi connectivity index (χ1v) is 8.63. The van der Waals surface area contributed by atoms with E-state index < -0.39 is 0 Å². The predicted molar refractivity (Wildman–Crippen MR) is 91.2 cm³/mol. The SMILES string of the molecule is CN1CCN(CC(=O)c2ccccc2OC2CCCNC2)CC1. The first-order valence-electron chi connectivity index (χ1n) is 8.63. The number of piperidine rings is 1. The summed E-state index contributed by atoms with van der Waals surface area (Å²) in [5, 5.41) is 3.35. The fraction of sp³-hybridized carbons (Fsp3) is 0.611. The molecule has 2 fully saturated rings. The lowest BCUT2D eigenvalue weighted by molar-refractivity contribution is 0.0867. The van der Waals surface area contributed by atoms with Crippen LogP contribution >= 0.6 is 0 Å². The lowest BCUT2D eigenvalue weighted by atomic mass is 10.1. The van der Waals surface area contributed by atoms with Crippen LogP contribution in [0, 0.1) is 0 Å². The lowest BCUT2D eigenvalue weighted by Gasteiger charge is -2.32. The molecule has 0 amide bonds. The highest BCUT2D eigenvalue weighted by Crippen LogP contribution is 2.22. The van der Waals surface area contributed by atoms with Crippen LogP contribution in [0.1, 0.15) is 23.2 Å². The summed E-state index contributed by atoms with van der Waals surface area (Å²) >= 11 is 0. The molecule has 0 radical (unpaired) electrons. The van der Waals surface area contributed by atoms with Crippen molar-refractivity contribution >= 4 is 5.78 Å². The molecule has 1 atom stereocenters. The van der Waals surface area contributed by atoms with Crippen molar-refractivity contribution in [2.75, 3.05) is 52.9 Å². The third-order valence-corrected chi connectivity index (χ3v) is 4.70. The predicted octanol–water partition coefficient (Wildman–Crippen LogP) is 1.25. The number of piperazine rings is 1. The summed E-state index contributed by atoms with van der Waals surface area (Å²) in [6.45, 7) is 6.37. The maximum absolute atomic E-state index is 12.7. The van der Waals surface area contributed by atoms with Gasteiger partial charge in [0.05, 0.1) is 12.1 Å². The number of hydrogen-bond donors (Lipinski definition) is 1. The number of carbonyl (C=O) groups is 1. The maximum atomic E-state index is 12.7. The van der Waals surface area contributed by atoms with E-state index in [9.17, 15) is 4.79 Å². The van der Waals surface area contributed by atoms with Gasteiger partial charge in [0.25, 0.3) is 0 Å². The molecule has 1 N–H and O–H groups in total. The quantitative estimate of drug-likeness (QED) is 0.828. The van der Waals surface area contributed by atoms with Crippen LogP contribution in [0.3, 0.4) is 0 Å². The Labute approximate surface area is 138 Å². The first kappa shape index (κ1) is 16.4. The molecule has 2 saturated heterocycles. The van der Waals surface area contributed by atoms with Gasteiger partial charge in [-0.25, -0.2) is 0 Å². The number of ether oxygens (including phenoxy) is 1. The third kappa shape index (κ3) is 4.53. The normalized spacial score (nSPS) is 23.6. The minimum absolute atomic E-state index is 0.161. The van der Waals surface area contributed by atoms with Crippen LogP contribution < -0.4 is 10.1 Å². The highest BCUT2D eigenvalue weighted by molar-refractivity contribution is 6.00. The van der Waals surface area contributed by atoms with Crippen molar-refractivity contribution in [1.82, 2.24) is 15.1 Å². The highest BCUT2D eigenvalue weighted by atomic mass is 16.5. The number of hydrogen-bond acceptors (Lipinski definition) is 5. The zero-order valence-corrected chi connectivity index (χ0v) is 14.0. The molecule has 0 aliphatic carbocycles. The molecular formula is C18H27N3O2. The summed E-state index contributed by atoms with van der Waals surface area (Å²) in [5.41, 5.74) is 0.719. The van der Waals surface area contributed by atoms with Crippen LogP contribution in [-0.2, 0) is 0 Å². The summed E-state index contributed by atoms with van der Waals surface area (Å²) in [4.78, 5) is 17.2. The number of nitrogens with zero attached hydrogens (tertiary/aromatic N) is 2. The average molecular weight is 317 g/mol. The topological polar surface area (TPSA) is 44.8 Å². The second-order valence-electron chi connectivity index (χ2n) is 6.58. The fourth-order valence-electron chi connectivity index (χ4n) is 3.19. The average Bonchev–Trinajstić information content (AvgIpc) is 2.58. The van der Waals surface area contributed by atoms with Crippen LogP contribution in [0.5, 0.6) is 5.75 Å². The van der Waals surface area contributed by atoms with Crippen molar-refractivity contribution in [1.29, 1.82) is 0 Å². The Morgan fingerprint density at radius 2 is 2.04 bits per heavy atom. The van der Waals surface area contributed by atoms with E-state index in [2.05, 4.69) is 22.2 Å². The third-order valence-electron chi connectivity index (χ3n) is 4.70. The molecule has 0 aromatic heterocycles. The van der Waals surface area contributed by atoms with Gasteiger partial charge < -0.3 is 15.0 Å². The minimum atomic E-state index is 0.161. The number of likely N-dealkylation sites (N-methyl/N-ethyl adjacent to an activating group) is 1. The summed E-state index contributed by atoms with van der Waals surface area (Å²) in [6.07, 6.45) is 2.34. The van der Waals surface area contributed by atoms with Gasteiger partial charge in [0.15, 0.2) is 5.78 Å². The molecule has 3 rings (SSSR count). The molecular weight excluding hydrogens is 290 g/mol. The zero-order chi connectivity index (χ0) is 16.1. The van der Waals surface area contributed by atoms with E-state index in [0.29, 0.717) is 6.54 Å². The van der Waals surface area contributed by atoms with Crippen molar-refractivity contribution in [2.24, 2.45) is 0 Å². The molecule has 1 unspecified atom stereocenters. The largest absolute Gasteiger partial charge is 0.488 e. The van der Waals surface area contributed by atoms with Gasteiger partial charge in [-0.15, -0.1) is 0 Å². The molecule has 2 aliphatic rings. The molecule has 2 heterocycles. The van der Waals surface area contributed by atoms with Gasteiger partial charge in [-0.1, -0.05) is 12.1 Å². The van der Waals surface area contributed by atoms with Gasteiger partial charge in [0.1, 0.15) is 11.9 Å². The summed E-state index contributed by atoms with van der Waals surface area (Å²) in [6, 6.07) is 7.68. The number of ketones is 1. The Bertz CT molecular complexity index is 521. The number of benzene rings is 1. The van der Waals surface area contributed by atoms with Crippen LogP contribution in [0.4, 0.5) is 0 Å².